The molecule has 0 aliphatic heterocycles. The Morgan fingerprint density at radius 2 is 1.58 bits per heavy atom. The standard InChI is InChI=1S/C16H24O3/c1-3-12-18-13-6-4-5-7-14-19-16-10-8-15(17-2)9-11-16/h3,8-11H,1,4-7,12-14H2,2H3. The highest BCUT2D eigenvalue weighted by molar-refractivity contribution is 5.31. The van der Waals surface area contributed by atoms with Crippen molar-refractivity contribution in [2.75, 3.05) is 26.9 Å². The molecule has 1 aromatic carbocycles. The van der Waals surface area contributed by atoms with Crippen molar-refractivity contribution in [3.05, 3.63) is 36.9 Å². The van der Waals surface area contributed by atoms with E-state index in [2.05, 4.69) is 6.58 Å². The molecule has 1 aromatic rings. The molecule has 0 aromatic heterocycles. The summed E-state index contributed by atoms with van der Waals surface area (Å²) in [7, 11) is 1.66. The first-order chi connectivity index (χ1) is 9.36. The fourth-order valence-corrected chi connectivity index (χ4v) is 1.69. The van der Waals surface area contributed by atoms with Gasteiger partial charge in [-0.15, -0.1) is 6.58 Å². The largest absolute Gasteiger partial charge is 0.497 e. The van der Waals surface area contributed by atoms with Crippen molar-refractivity contribution in [3.8, 4) is 11.5 Å². The zero-order valence-electron chi connectivity index (χ0n) is 11.8. The molecular formula is C16H24O3. The number of hydrogen-bond acceptors (Lipinski definition) is 3. The van der Waals surface area contributed by atoms with Gasteiger partial charge in [0.1, 0.15) is 11.5 Å². The Balaban J connectivity index is 1.96. The molecule has 0 saturated carbocycles. The summed E-state index contributed by atoms with van der Waals surface area (Å²) in [5, 5.41) is 0. The van der Waals surface area contributed by atoms with Gasteiger partial charge in [-0.2, -0.15) is 0 Å². The highest BCUT2D eigenvalue weighted by atomic mass is 16.5. The first-order valence-corrected chi connectivity index (χ1v) is 6.82. The Hall–Kier alpha value is -1.48. The van der Waals surface area contributed by atoms with Crippen molar-refractivity contribution in [3.63, 3.8) is 0 Å². The van der Waals surface area contributed by atoms with Gasteiger partial charge in [-0.05, 0) is 43.5 Å². The second kappa shape index (κ2) is 10.4. The van der Waals surface area contributed by atoms with Crippen LogP contribution in [0.15, 0.2) is 36.9 Å². The van der Waals surface area contributed by atoms with Crippen molar-refractivity contribution in [2.24, 2.45) is 0 Å². The minimum absolute atomic E-state index is 0.653. The van der Waals surface area contributed by atoms with E-state index < -0.39 is 0 Å². The third-order valence-electron chi connectivity index (χ3n) is 2.75. The molecule has 0 aliphatic rings. The zero-order chi connectivity index (χ0) is 13.8. The summed E-state index contributed by atoms with van der Waals surface area (Å²) in [6, 6.07) is 7.68. The van der Waals surface area contributed by atoms with E-state index in [4.69, 9.17) is 14.2 Å². The molecule has 0 unspecified atom stereocenters. The molecule has 3 nitrogen and oxygen atoms in total. The van der Waals surface area contributed by atoms with Crippen molar-refractivity contribution < 1.29 is 14.2 Å². The SMILES string of the molecule is C=CCOCCCCCCOc1ccc(OC)cc1. The quantitative estimate of drug-likeness (QED) is 0.449. The van der Waals surface area contributed by atoms with Crippen molar-refractivity contribution in [1.29, 1.82) is 0 Å². The highest BCUT2D eigenvalue weighted by Crippen LogP contribution is 2.17. The third kappa shape index (κ3) is 7.52. The molecule has 0 fully saturated rings. The van der Waals surface area contributed by atoms with Crippen LogP contribution in [0, 0.1) is 0 Å². The van der Waals surface area contributed by atoms with E-state index in [1.54, 1.807) is 13.2 Å². The molecule has 0 atom stereocenters. The molecular weight excluding hydrogens is 240 g/mol. The van der Waals surface area contributed by atoms with Gasteiger partial charge in [-0.1, -0.05) is 12.5 Å². The van der Waals surface area contributed by atoms with Crippen LogP contribution in [-0.2, 0) is 4.74 Å². The van der Waals surface area contributed by atoms with Gasteiger partial charge in [0.2, 0.25) is 0 Å². The van der Waals surface area contributed by atoms with Crippen LogP contribution in [0.2, 0.25) is 0 Å². The van der Waals surface area contributed by atoms with Crippen LogP contribution < -0.4 is 9.47 Å². The Morgan fingerprint density at radius 1 is 0.947 bits per heavy atom. The molecule has 3 heteroatoms. The highest BCUT2D eigenvalue weighted by Gasteiger charge is 1.95. The van der Waals surface area contributed by atoms with Crippen LogP contribution in [-0.4, -0.2) is 26.9 Å². The summed E-state index contributed by atoms with van der Waals surface area (Å²) < 4.78 is 16.1. The molecule has 0 N–H and O–H groups in total. The molecule has 0 spiro atoms. The zero-order valence-corrected chi connectivity index (χ0v) is 11.8. The second-order valence-corrected chi connectivity index (χ2v) is 4.30. The van der Waals surface area contributed by atoms with Gasteiger partial charge in [-0.3, -0.25) is 0 Å². The fraction of sp³-hybridized carbons (Fsp3) is 0.500. The number of hydrogen-bond donors (Lipinski definition) is 0. The molecule has 0 bridgehead atoms. The van der Waals surface area contributed by atoms with Crippen LogP contribution >= 0.6 is 0 Å². The number of benzene rings is 1. The van der Waals surface area contributed by atoms with E-state index in [0.717, 1.165) is 37.6 Å². The van der Waals surface area contributed by atoms with Gasteiger partial charge in [0.15, 0.2) is 0 Å². The van der Waals surface area contributed by atoms with Gasteiger partial charge >= 0.3 is 0 Å². The van der Waals surface area contributed by atoms with Gasteiger partial charge in [0.25, 0.3) is 0 Å². The minimum atomic E-state index is 0.653. The summed E-state index contributed by atoms with van der Waals surface area (Å²) in [5.74, 6) is 1.75. The molecule has 19 heavy (non-hydrogen) atoms. The predicted molar refractivity (Wildman–Crippen MR) is 78.0 cm³/mol. The normalized spacial score (nSPS) is 10.2. The number of rotatable bonds is 11. The first-order valence-electron chi connectivity index (χ1n) is 6.82. The molecule has 0 amide bonds. The third-order valence-corrected chi connectivity index (χ3v) is 2.75. The first kappa shape index (κ1) is 15.6. The maximum absolute atomic E-state index is 5.65. The Bertz CT molecular complexity index is 332. The molecule has 1 rings (SSSR count). The number of unbranched alkanes of at least 4 members (excludes halogenated alkanes) is 3. The summed E-state index contributed by atoms with van der Waals surface area (Å²) >= 11 is 0. The lowest BCUT2D eigenvalue weighted by molar-refractivity contribution is 0.156. The van der Waals surface area contributed by atoms with Crippen LogP contribution in [0.5, 0.6) is 11.5 Å². The van der Waals surface area contributed by atoms with Gasteiger partial charge < -0.3 is 14.2 Å². The smallest absolute Gasteiger partial charge is 0.119 e. The average molecular weight is 264 g/mol. The van der Waals surface area contributed by atoms with E-state index in [0.29, 0.717) is 6.61 Å². The van der Waals surface area contributed by atoms with Crippen molar-refractivity contribution in [1.82, 2.24) is 0 Å². The van der Waals surface area contributed by atoms with Crippen LogP contribution in [0.25, 0.3) is 0 Å². The van der Waals surface area contributed by atoms with E-state index >= 15 is 0 Å². The molecule has 0 saturated heterocycles. The Morgan fingerprint density at radius 3 is 2.21 bits per heavy atom. The van der Waals surface area contributed by atoms with Crippen molar-refractivity contribution >= 4 is 0 Å². The van der Waals surface area contributed by atoms with Gasteiger partial charge in [-0.25, -0.2) is 0 Å². The molecule has 0 radical (unpaired) electrons. The van der Waals surface area contributed by atoms with E-state index in [9.17, 15) is 0 Å². The van der Waals surface area contributed by atoms with E-state index in [1.807, 2.05) is 24.3 Å². The Kier molecular flexibility index (Phi) is 8.56. The monoisotopic (exact) mass is 264 g/mol. The molecule has 0 aliphatic carbocycles. The summed E-state index contributed by atoms with van der Waals surface area (Å²) in [4.78, 5) is 0. The van der Waals surface area contributed by atoms with E-state index in [1.165, 1.54) is 12.8 Å². The number of ether oxygens (including phenoxy) is 3. The van der Waals surface area contributed by atoms with Crippen molar-refractivity contribution in [2.45, 2.75) is 25.7 Å². The van der Waals surface area contributed by atoms with Crippen LogP contribution in [0.4, 0.5) is 0 Å². The van der Waals surface area contributed by atoms with Gasteiger partial charge in [0.05, 0.1) is 20.3 Å². The predicted octanol–water partition coefficient (Wildman–Crippen LogP) is 3.84. The van der Waals surface area contributed by atoms with E-state index in [-0.39, 0.29) is 0 Å². The molecule has 0 heterocycles. The minimum Gasteiger partial charge on any atom is -0.497 e. The lowest BCUT2D eigenvalue weighted by atomic mass is 10.2. The topological polar surface area (TPSA) is 27.7 Å². The van der Waals surface area contributed by atoms with Crippen LogP contribution in [0.3, 0.4) is 0 Å². The second-order valence-electron chi connectivity index (χ2n) is 4.30. The average Bonchev–Trinajstić information content (AvgIpc) is 2.46. The lowest BCUT2D eigenvalue weighted by Gasteiger charge is -2.07. The van der Waals surface area contributed by atoms with Gasteiger partial charge in [0, 0.05) is 6.61 Å². The fourth-order valence-electron chi connectivity index (χ4n) is 1.69. The Labute approximate surface area is 116 Å². The summed E-state index contributed by atoms with van der Waals surface area (Å²) in [6.07, 6.45) is 6.32. The summed E-state index contributed by atoms with van der Waals surface area (Å²) in [5.41, 5.74) is 0. The summed E-state index contributed by atoms with van der Waals surface area (Å²) in [6.45, 7) is 5.85. The molecule has 106 valence electrons. The maximum Gasteiger partial charge on any atom is 0.119 e. The number of methoxy groups -OCH3 is 1. The lowest BCUT2D eigenvalue weighted by Crippen LogP contribution is -1.98. The van der Waals surface area contributed by atoms with Crippen LogP contribution in [0.1, 0.15) is 25.7 Å². The maximum atomic E-state index is 5.65.